The van der Waals surface area contributed by atoms with Crippen LogP contribution < -0.4 is 11.5 Å². The minimum Gasteiger partial charge on any atom is -0.408 e. The van der Waals surface area contributed by atoms with E-state index in [2.05, 4.69) is 0 Å². The van der Waals surface area contributed by atoms with Gasteiger partial charge in [0.2, 0.25) is 0 Å². The maximum Gasteiger partial charge on any atom is 0.419 e. The van der Waals surface area contributed by atoms with Gasteiger partial charge in [0, 0.05) is 11.4 Å². The second-order valence-corrected chi connectivity index (χ2v) is 6.20. The summed E-state index contributed by atoms with van der Waals surface area (Å²) in [6.45, 7) is 4.44. The third kappa shape index (κ3) is 2.31. The molecule has 0 bridgehead atoms. The number of thiophene rings is 1. The SMILES string of the molecule is CCn1c(=O)oc2cc(C(N)c3scc(C)c3Cl)ccc21. The Bertz CT molecular complexity index is 862. The molecule has 4 nitrogen and oxygen atoms in total. The maximum atomic E-state index is 11.7. The Morgan fingerprint density at radius 1 is 1.48 bits per heavy atom. The van der Waals surface area contributed by atoms with Gasteiger partial charge in [0.05, 0.1) is 16.6 Å². The third-order valence-electron chi connectivity index (χ3n) is 3.58. The minimum absolute atomic E-state index is 0.323. The lowest BCUT2D eigenvalue weighted by Gasteiger charge is -2.11. The molecule has 0 fully saturated rings. The molecule has 1 unspecified atom stereocenters. The molecule has 0 saturated heterocycles. The van der Waals surface area contributed by atoms with E-state index in [-0.39, 0.29) is 11.8 Å². The molecule has 0 saturated carbocycles. The Hall–Kier alpha value is -1.56. The van der Waals surface area contributed by atoms with Crippen molar-refractivity contribution >= 4 is 34.0 Å². The van der Waals surface area contributed by atoms with Crippen LogP contribution in [0.1, 0.15) is 29.0 Å². The molecule has 21 heavy (non-hydrogen) atoms. The van der Waals surface area contributed by atoms with Crippen LogP contribution in [-0.4, -0.2) is 4.57 Å². The lowest BCUT2D eigenvalue weighted by Crippen LogP contribution is -2.12. The summed E-state index contributed by atoms with van der Waals surface area (Å²) in [7, 11) is 0. The average Bonchev–Trinajstić information content (AvgIpc) is 2.97. The summed E-state index contributed by atoms with van der Waals surface area (Å²) in [6, 6.07) is 5.28. The molecular weight excluding hydrogens is 308 g/mol. The Morgan fingerprint density at radius 3 is 2.86 bits per heavy atom. The highest BCUT2D eigenvalue weighted by molar-refractivity contribution is 7.10. The molecule has 0 radical (unpaired) electrons. The van der Waals surface area contributed by atoms with Gasteiger partial charge in [-0.1, -0.05) is 17.7 Å². The quantitative estimate of drug-likeness (QED) is 0.800. The molecule has 0 spiro atoms. The van der Waals surface area contributed by atoms with Crippen LogP contribution in [0.15, 0.2) is 32.8 Å². The van der Waals surface area contributed by atoms with Crippen LogP contribution in [0.2, 0.25) is 5.02 Å². The highest BCUT2D eigenvalue weighted by Gasteiger charge is 2.18. The number of aromatic nitrogens is 1. The molecule has 0 aliphatic carbocycles. The van der Waals surface area contributed by atoms with Crippen molar-refractivity contribution in [1.29, 1.82) is 0 Å². The van der Waals surface area contributed by atoms with E-state index in [1.165, 1.54) is 0 Å². The summed E-state index contributed by atoms with van der Waals surface area (Å²) in [6.07, 6.45) is 0. The standard InChI is InChI=1S/C15H15ClN2O2S/c1-3-18-10-5-4-9(6-11(10)20-15(18)19)13(17)14-12(16)8(2)7-21-14/h4-7,13H,3,17H2,1-2H3. The van der Waals surface area contributed by atoms with Gasteiger partial charge in [-0.15, -0.1) is 11.3 Å². The normalized spacial score (nSPS) is 13.0. The van der Waals surface area contributed by atoms with Crippen LogP contribution in [0, 0.1) is 6.92 Å². The van der Waals surface area contributed by atoms with Crippen molar-refractivity contribution in [2.75, 3.05) is 0 Å². The van der Waals surface area contributed by atoms with Gasteiger partial charge >= 0.3 is 5.76 Å². The van der Waals surface area contributed by atoms with Gasteiger partial charge in [0.25, 0.3) is 0 Å². The van der Waals surface area contributed by atoms with E-state index >= 15 is 0 Å². The molecule has 0 aliphatic rings. The molecule has 0 amide bonds. The molecule has 1 atom stereocenters. The zero-order valence-electron chi connectivity index (χ0n) is 11.7. The van der Waals surface area contributed by atoms with E-state index in [0.29, 0.717) is 17.2 Å². The van der Waals surface area contributed by atoms with Crippen LogP contribution in [0.4, 0.5) is 0 Å². The predicted molar refractivity (Wildman–Crippen MR) is 86.2 cm³/mol. The van der Waals surface area contributed by atoms with Gasteiger partial charge < -0.3 is 10.2 Å². The Balaban J connectivity index is 2.09. The molecule has 1 aromatic carbocycles. The summed E-state index contributed by atoms with van der Waals surface area (Å²) in [5.74, 6) is -0.344. The fourth-order valence-electron chi connectivity index (χ4n) is 2.39. The van der Waals surface area contributed by atoms with Crippen molar-refractivity contribution in [2.45, 2.75) is 26.4 Å². The fraction of sp³-hybridized carbons (Fsp3) is 0.267. The number of nitrogens with zero attached hydrogens (tertiary/aromatic N) is 1. The molecule has 3 aromatic rings. The highest BCUT2D eigenvalue weighted by Crippen LogP contribution is 2.35. The van der Waals surface area contributed by atoms with Crippen molar-refractivity contribution in [3.8, 4) is 0 Å². The number of nitrogens with two attached hydrogens (primary N) is 1. The molecule has 2 heterocycles. The first-order valence-electron chi connectivity index (χ1n) is 6.65. The number of halogens is 1. The van der Waals surface area contributed by atoms with Gasteiger partial charge in [0.15, 0.2) is 5.58 Å². The maximum absolute atomic E-state index is 11.7. The predicted octanol–water partition coefficient (Wildman–Crippen LogP) is 3.69. The van der Waals surface area contributed by atoms with Crippen molar-refractivity contribution in [1.82, 2.24) is 4.57 Å². The van der Waals surface area contributed by atoms with E-state index in [0.717, 1.165) is 21.5 Å². The summed E-state index contributed by atoms with van der Waals surface area (Å²) in [4.78, 5) is 12.6. The van der Waals surface area contributed by atoms with E-state index in [9.17, 15) is 4.79 Å². The Morgan fingerprint density at radius 2 is 2.24 bits per heavy atom. The van der Waals surface area contributed by atoms with Crippen LogP contribution in [-0.2, 0) is 6.54 Å². The number of rotatable bonds is 3. The molecule has 6 heteroatoms. The zero-order valence-corrected chi connectivity index (χ0v) is 13.3. The summed E-state index contributed by atoms with van der Waals surface area (Å²) < 4.78 is 6.86. The number of aryl methyl sites for hydroxylation is 2. The summed E-state index contributed by atoms with van der Waals surface area (Å²) >= 11 is 7.82. The second kappa shape index (κ2) is 5.33. The lowest BCUT2D eigenvalue weighted by atomic mass is 10.1. The van der Waals surface area contributed by atoms with Crippen molar-refractivity contribution in [2.24, 2.45) is 5.73 Å². The van der Waals surface area contributed by atoms with Crippen LogP contribution in [0.5, 0.6) is 0 Å². The van der Waals surface area contributed by atoms with Gasteiger partial charge in [-0.2, -0.15) is 0 Å². The first-order valence-corrected chi connectivity index (χ1v) is 7.91. The Kier molecular flexibility index (Phi) is 3.65. The van der Waals surface area contributed by atoms with Crippen LogP contribution in [0.3, 0.4) is 0 Å². The lowest BCUT2D eigenvalue weighted by molar-refractivity contribution is 0.513. The van der Waals surface area contributed by atoms with E-state index in [1.807, 2.05) is 37.4 Å². The molecule has 3 rings (SSSR count). The largest absolute Gasteiger partial charge is 0.419 e. The summed E-state index contributed by atoms with van der Waals surface area (Å²) in [5.41, 5.74) is 9.54. The first kappa shape index (κ1) is 14.4. The number of oxazole rings is 1. The number of hydrogen-bond acceptors (Lipinski definition) is 4. The first-order chi connectivity index (χ1) is 10.0. The average molecular weight is 323 g/mol. The van der Waals surface area contributed by atoms with Crippen molar-refractivity contribution in [3.05, 3.63) is 55.2 Å². The monoisotopic (exact) mass is 322 g/mol. The highest BCUT2D eigenvalue weighted by atomic mass is 35.5. The van der Waals surface area contributed by atoms with E-state index in [1.54, 1.807) is 15.9 Å². The van der Waals surface area contributed by atoms with Crippen molar-refractivity contribution < 1.29 is 4.42 Å². The number of fused-ring (bicyclic) bond motifs is 1. The smallest absolute Gasteiger partial charge is 0.408 e. The van der Waals surface area contributed by atoms with Crippen molar-refractivity contribution in [3.63, 3.8) is 0 Å². The molecule has 0 aliphatic heterocycles. The molecular formula is C15H15ClN2O2S. The number of hydrogen-bond donors (Lipinski definition) is 1. The van der Waals surface area contributed by atoms with Gasteiger partial charge in [-0.05, 0) is 42.5 Å². The third-order valence-corrected chi connectivity index (χ3v) is 5.37. The van der Waals surface area contributed by atoms with Crippen LogP contribution in [0.25, 0.3) is 11.1 Å². The number of benzene rings is 1. The molecule has 2 aromatic heterocycles. The Labute approximate surface area is 130 Å². The second-order valence-electron chi connectivity index (χ2n) is 4.91. The van der Waals surface area contributed by atoms with Gasteiger partial charge in [0.1, 0.15) is 0 Å². The van der Waals surface area contributed by atoms with E-state index in [4.69, 9.17) is 21.8 Å². The molecule has 2 N–H and O–H groups in total. The summed E-state index contributed by atoms with van der Waals surface area (Å²) in [5, 5.41) is 2.70. The van der Waals surface area contributed by atoms with Gasteiger partial charge in [-0.25, -0.2) is 4.79 Å². The fourth-order valence-corrected chi connectivity index (χ4v) is 3.73. The van der Waals surface area contributed by atoms with E-state index < -0.39 is 0 Å². The van der Waals surface area contributed by atoms with Crippen LogP contribution >= 0.6 is 22.9 Å². The minimum atomic E-state index is -0.344. The topological polar surface area (TPSA) is 61.2 Å². The zero-order chi connectivity index (χ0) is 15.1. The molecule has 110 valence electrons. The van der Waals surface area contributed by atoms with Gasteiger partial charge in [-0.3, -0.25) is 4.57 Å².